The maximum atomic E-state index is 13.4. The molecule has 1 N–H and O–H groups in total. The van der Waals surface area contributed by atoms with Crippen LogP contribution in [0.5, 0.6) is 5.75 Å². The number of nitrogens with one attached hydrogen (secondary N) is 1. The van der Waals surface area contributed by atoms with Crippen LogP contribution in [0.1, 0.15) is 27.3 Å². The standard InChI is InChI=1S/C24H21ClN8O2S/c1-11-6-14(15-7-19(25)27-10-18(15)35-5)16(8-26-11)23(34)30-24-29-17-9-28-20(12(2)22(17)36-24)21-13(3)31-32-33(21)4/h6-10H,1-5H3,(H,29,30,34). The van der Waals surface area contributed by atoms with Crippen LogP contribution in [0.3, 0.4) is 0 Å². The van der Waals surface area contributed by atoms with Crippen LogP contribution in [0.2, 0.25) is 5.15 Å². The number of methoxy groups -OCH3 is 1. The Labute approximate surface area is 215 Å². The fraction of sp³-hybridized carbons (Fsp3) is 0.208. The van der Waals surface area contributed by atoms with E-state index in [2.05, 4.69) is 35.6 Å². The number of carbonyl (C=O) groups excluding carboxylic acids is 1. The molecule has 5 heterocycles. The van der Waals surface area contributed by atoms with E-state index in [0.29, 0.717) is 33.1 Å². The van der Waals surface area contributed by atoms with Gasteiger partial charge in [-0.3, -0.25) is 20.1 Å². The molecule has 0 saturated heterocycles. The Morgan fingerprint density at radius 3 is 2.61 bits per heavy atom. The largest absolute Gasteiger partial charge is 0.494 e. The number of aromatic nitrogens is 7. The molecular formula is C24H21ClN8O2S. The number of pyridine rings is 3. The molecule has 0 unspecified atom stereocenters. The van der Waals surface area contributed by atoms with Crippen molar-refractivity contribution in [3.05, 3.63) is 58.4 Å². The Hall–Kier alpha value is -3.96. The van der Waals surface area contributed by atoms with Crippen molar-refractivity contribution < 1.29 is 9.53 Å². The summed E-state index contributed by atoms with van der Waals surface area (Å²) in [5, 5.41) is 11.9. The molecule has 0 bridgehead atoms. The summed E-state index contributed by atoms with van der Waals surface area (Å²) in [6, 6.07) is 3.47. The van der Waals surface area contributed by atoms with E-state index in [0.717, 1.165) is 33.0 Å². The minimum Gasteiger partial charge on any atom is -0.494 e. The lowest BCUT2D eigenvalue weighted by Crippen LogP contribution is -2.14. The van der Waals surface area contributed by atoms with Gasteiger partial charge in [0.15, 0.2) is 5.13 Å². The quantitative estimate of drug-likeness (QED) is 0.328. The fourth-order valence-corrected chi connectivity index (χ4v) is 5.11. The molecule has 0 atom stereocenters. The summed E-state index contributed by atoms with van der Waals surface area (Å²) < 4.78 is 8.08. The Kier molecular flexibility index (Phi) is 6.10. The topological polar surface area (TPSA) is 121 Å². The number of nitrogens with zero attached hydrogens (tertiary/aromatic N) is 7. The first kappa shape index (κ1) is 23.8. The molecule has 36 heavy (non-hydrogen) atoms. The fourth-order valence-electron chi connectivity index (χ4n) is 4.01. The Morgan fingerprint density at radius 1 is 1.08 bits per heavy atom. The summed E-state index contributed by atoms with van der Waals surface area (Å²) in [7, 11) is 3.37. The van der Waals surface area contributed by atoms with Gasteiger partial charge in [0.2, 0.25) is 0 Å². The Balaban J connectivity index is 1.53. The number of halogens is 1. The van der Waals surface area contributed by atoms with Crippen molar-refractivity contribution in [2.45, 2.75) is 20.8 Å². The third-order valence-electron chi connectivity index (χ3n) is 5.73. The molecule has 182 valence electrons. The van der Waals surface area contributed by atoms with Gasteiger partial charge in [-0.25, -0.2) is 14.6 Å². The van der Waals surface area contributed by atoms with Gasteiger partial charge in [-0.05, 0) is 38.5 Å². The first-order valence-electron chi connectivity index (χ1n) is 10.9. The Bertz CT molecular complexity index is 1630. The molecule has 0 aliphatic rings. The summed E-state index contributed by atoms with van der Waals surface area (Å²) >= 11 is 7.52. The van der Waals surface area contributed by atoms with Gasteiger partial charge in [0, 0.05) is 30.1 Å². The van der Waals surface area contributed by atoms with E-state index in [-0.39, 0.29) is 11.1 Å². The summed E-state index contributed by atoms with van der Waals surface area (Å²) in [6.45, 7) is 5.72. The number of hydrogen-bond donors (Lipinski definition) is 1. The second-order valence-electron chi connectivity index (χ2n) is 8.14. The van der Waals surface area contributed by atoms with Crippen LogP contribution < -0.4 is 10.1 Å². The summed E-state index contributed by atoms with van der Waals surface area (Å²) in [5.41, 5.74) is 6.40. The number of aryl methyl sites for hydroxylation is 4. The molecule has 5 aromatic heterocycles. The third kappa shape index (κ3) is 4.16. The number of fused-ring (bicyclic) bond motifs is 1. The number of amides is 1. The molecule has 0 saturated carbocycles. The van der Waals surface area contributed by atoms with Crippen molar-refractivity contribution in [1.29, 1.82) is 0 Å². The molecule has 5 aromatic rings. The highest BCUT2D eigenvalue weighted by atomic mass is 35.5. The third-order valence-corrected chi connectivity index (χ3v) is 7.05. The molecule has 0 radical (unpaired) electrons. The lowest BCUT2D eigenvalue weighted by atomic mass is 10.0. The average Bonchev–Trinajstić information content (AvgIpc) is 3.42. The smallest absolute Gasteiger partial charge is 0.259 e. The van der Waals surface area contributed by atoms with Crippen LogP contribution in [0.4, 0.5) is 5.13 Å². The SMILES string of the molecule is COc1cnc(Cl)cc1-c1cc(C)ncc1C(=O)Nc1nc2cnc(-c3c(C)nnn3C)c(C)c2s1. The first-order chi connectivity index (χ1) is 17.3. The van der Waals surface area contributed by atoms with E-state index >= 15 is 0 Å². The van der Waals surface area contributed by atoms with Crippen molar-refractivity contribution in [3.8, 4) is 28.3 Å². The number of rotatable bonds is 5. The maximum Gasteiger partial charge on any atom is 0.259 e. The molecule has 0 aromatic carbocycles. The molecule has 0 aliphatic heterocycles. The number of thiazole rings is 1. The average molecular weight is 521 g/mol. The minimum absolute atomic E-state index is 0.287. The predicted octanol–water partition coefficient (Wildman–Crippen LogP) is 4.78. The van der Waals surface area contributed by atoms with Crippen molar-refractivity contribution in [3.63, 3.8) is 0 Å². The van der Waals surface area contributed by atoms with Crippen LogP contribution in [0.25, 0.3) is 32.7 Å². The van der Waals surface area contributed by atoms with Gasteiger partial charge < -0.3 is 4.74 Å². The molecule has 0 spiro atoms. The Morgan fingerprint density at radius 2 is 1.89 bits per heavy atom. The zero-order valence-corrected chi connectivity index (χ0v) is 21.7. The van der Waals surface area contributed by atoms with Gasteiger partial charge in [0.1, 0.15) is 22.1 Å². The first-order valence-corrected chi connectivity index (χ1v) is 12.1. The lowest BCUT2D eigenvalue weighted by molar-refractivity contribution is 0.102. The van der Waals surface area contributed by atoms with E-state index in [9.17, 15) is 4.79 Å². The van der Waals surface area contributed by atoms with E-state index in [4.69, 9.17) is 16.3 Å². The highest BCUT2D eigenvalue weighted by Crippen LogP contribution is 2.36. The van der Waals surface area contributed by atoms with Gasteiger partial charge >= 0.3 is 0 Å². The van der Waals surface area contributed by atoms with Crippen molar-refractivity contribution in [2.75, 3.05) is 12.4 Å². The van der Waals surface area contributed by atoms with Crippen LogP contribution in [0.15, 0.2) is 30.7 Å². The highest BCUT2D eigenvalue weighted by Gasteiger charge is 2.21. The van der Waals surface area contributed by atoms with Crippen LogP contribution in [-0.2, 0) is 7.05 Å². The zero-order chi connectivity index (χ0) is 25.6. The van der Waals surface area contributed by atoms with Gasteiger partial charge in [-0.1, -0.05) is 28.2 Å². The second-order valence-corrected chi connectivity index (χ2v) is 9.53. The van der Waals surface area contributed by atoms with E-state index < -0.39 is 0 Å². The maximum absolute atomic E-state index is 13.4. The highest BCUT2D eigenvalue weighted by molar-refractivity contribution is 7.22. The number of ether oxygens (including phenoxy) is 1. The monoisotopic (exact) mass is 520 g/mol. The van der Waals surface area contributed by atoms with Crippen LogP contribution in [-0.4, -0.2) is 47.9 Å². The van der Waals surface area contributed by atoms with Crippen molar-refractivity contribution in [2.24, 2.45) is 7.05 Å². The van der Waals surface area contributed by atoms with E-state index in [1.54, 1.807) is 16.9 Å². The molecule has 5 rings (SSSR count). The van der Waals surface area contributed by atoms with Crippen LogP contribution in [0, 0.1) is 20.8 Å². The van der Waals surface area contributed by atoms with E-state index in [1.165, 1.54) is 30.8 Å². The predicted molar refractivity (Wildman–Crippen MR) is 139 cm³/mol. The van der Waals surface area contributed by atoms with Crippen molar-refractivity contribution in [1.82, 2.24) is 34.9 Å². The van der Waals surface area contributed by atoms with Crippen LogP contribution >= 0.6 is 22.9 Å². The summed E-state index contributed by atoms with van der Waals surface area (Å²) in [6.07, 6.45) is 4.75. The lowest BCUT2D eigenvalue weighted by Gasteiger charge is -2.13. The van der Waals surface area contributed by atoms with Gasteiger partial charge in [0.05, 0.1) is 41.2 Å². The van der Waals surface area contributed by atoms with Crippen molar-refractivity contribution >= 4 is 44.2 Å². The molecular weight excluding hydrogens is 500 g/mol. The van der Waals surface area contributed by atoms with Gasteiger partial charge in [-0.15, -0.1) is 5.10 Å². The summed E-state index contributed by atoms with van der Waals surface area (Å²) in [5.74, 6) is 0.136. The number of carbonyl (C=O) groups is 1. The minimum atomic E-state index is -0.357. The second kappa shape index (κ2) is 9.25. The summed E-state index contributed by atoms with van der Waals surface area (Å²) in [4.78, 5) is 31.0. The molecule has 12 heteroatoms. The molecule has 0 aliphatic carbocycles. The molecule has 10 nitrogen and oxygen atoms in total. The number of anilines is 1. The zero-order valence-electron chi connectivity index (χ0n) is 20.1. The molecule has 1 amide bonds. The van der Waals surface area contributed by atoms with E-state index in [1.807, 2.05) is 33.9 Å². The molecule has 0 fully saturated rings. The van der Waals surface area contributed by atoms with Gasteiger partial charge in [-0.2, -0.15) is 0 Å². The van der Waals surface area contributed by atoms with Gasteiger partial charge in [0.25, 0.3) is 5.91 Å². The number of hydrogen-bond acceptors (Lipinski definition) is 9. The normalized spacial score (nSPS) is 11.2.